The zero-order valence-corrected chi connectivity index (χ0v) is 13.4. The number of thiophene rings is 1. The lowest BCUT2D eigenvalue weighted by Gasteiger charge is -2.07. The normalized spacial score (nSPS) is 11.1. The van der Waals surface area contributed by atoms with Crippen LogP contribution in [0.15, 0.2) is 40.6 Å². The highest BCUT2D eigenvalue weighted by Crippen LogP contribution is 2.27. The molecule has 1 N–H and O–H groups in total. The number of hydrogen-bond acceptors (Lipinski definition) is 5. The van der Waals surface area contributed by atoms with Crippen LogP contribution in [0.1, 0.15) is 17.3 Å². The van der Waals surface area contributed by atoms with Crippen molar-refractivity contribution in [3.8, 4) is 0 Å². The van der Waals surface area contributed by atoms with Crippen molar-refractivity contribution in [1.82, 2.24) is 0 Å². The Balaban J connectivity index is 2.15. The summed E-state index contributed by atoms with van der Waals surface area (Å²) in [7, 11) is -3.67. The van der Waals surface area contributed by atoms with Crippen molar-refractivity contribution in [1.29, 1.82) is 0 Å². The van der Waals surface area contributed by atoms with E-state index in [2.05, 4.69) is 4.72 Å². The zero-order chi connectivity index (χ0) is 15.5. The number of carbonyl (C=O) groups excluding carboxylic acids is 1. The van der Waals surface area contributed by atoms with E-state index < -0.39 is 16.0 Å². The number of esters is 1. The molecule has 2 rings (SSSR count). The van der Waals surface area contributed by atoms with Crippen LogP contribution in [0.25, 0.3) is 0 Å². The van der Waals surface area contributed by atoms with E-state index in [9.17, 15) is 13.2 Å². The van der Waals surface area contributed by atoms with E-state index in [-0.39, 0.29) is 10.8 Å². The fourth-order valence-electron chi connectivity index (χ4n) is 1.54. The van der Waals surface area contributed by atoms with Gasteiger partial charge in [0.2, 0.25) is 0 Å². The number of anilines is 1. The Kier molecular flexibility index (Phi) is 4.87. The van der Waals surface area contributed by atoms with Gasteiger partial charge in [0.1, 0.15) is 4.21 Å². The van der Waals surface area contributed by atoms with Gasteiger partial charge >= 0.3 is 5.97 Å². The summed E-state index contributed by atoms with van der Waals surface area (Å²) >= 11 is 6.70. The molecule has 0 amide bonds. The second-order valence-electron chi connectivity index (χ2n) is 3.96. The van der Waals surface area contributed by atoms with E-state index in [0.29, 0.717) is 15.6 Å². The third-order valence-corrected chi connectivity index (χ3v) is 5.57. The Morgan fingerprint density at radius 1 is 1.24 bits per heavy atom. The van der Waals surface area contributed by atoms with Crippen molar-refractivity contribution in [2.75, 3.05) is 11.3 Å². The smallest absolute Gasteiger partial charge is 0.338 e. The van der Waals surface area contributed by atoms with E-state index in [4.69, 9.17) is 16.3 Å². The Morgan fingerprint density at radius 2 is 1.90 bits per heavy atom. The van der Waals surface area contributed by atoms with E-state index in [1.807, 2.05) is 0 Å². The summed E-state index contributed by atoms with van der Waals surface area (Å²) in [6, 6.07) is 8.94. The van der Waals surface area contributed by atoms with Crippen LogP contribution in [0, 0.1) is 0 Å². The van der Waals surface area contributed by atoms with Crippen molar-refractivity contribution in [3.63, 3.8) is 0 Å². The summed E-state index contributed by atoms with van der Waals surface area (Å²) in [5, 5.41) is 0. The van der Waals surface area contributed by atoms with Crippen LogP contribution >= 0.6 is 22.9 Å². The largest absolute Gasteiger partial charge is 0.462 e. The summed E-state index contributed by atoms with van der Waals surface area (Å²) in [6.45, 7) is 2.00. The topological polar surface area (TPSA) is 72.5 Å². The molecule has 8 heteroatoms. The van der Waals surface area contributed by atoms with Crippen LogP contribution in [0.3, 0.4) is 0 Å². The van der Waals surface area contributed by atoms with Crippen molar-refractivity contribution >= 4 is 44.6 Å². The van der Waals surface area contributed by atoms with Crippen LogP contribution in [0.2, 0.25) is 4.34 Å². The first-order chi connectivity index (χ1) is 9.92. The lowest BCUT2D eigenvalue weighted by atomic mass is 10.2. The molecule has 0 radical (unpaired) electrons. The molecule has 21 heavy (non-hydrogen) atoms. The predicted octanol–water partition coefficient (Wildman–Crippen LogP) is 3.38. The molecule has 0 spiro atoms. The molecule has 0 saturated carbocycles. The van der Waals surface area contributed by atoms with Gasteiger partial charge in [0, 0.05) is 5.69 Å². The number of sulfonamides is 1. The Labute approximate surface area is 131 Å². The van der Waals surface area contributed by atoms with Gasteiger partial charge in [-0.2, -0.15) is 0 Å². The molecule has 112 valence electrons. The van der Waals surface area contributed by atoms with Crippen LogP contribution in [0.5, 0.6) is 0 Å². The molecule has 0 fully saturated rings. The molecule has 0 aliphatic heterocycles. The summed E-state index contributed by atoms with van der Waals surface area (Å²) in [4.78, 5) is 11.5. The molecule has 1 heterocycles. The minimum atomic E-state index is -3.67. The minimum Gasteiger partial charge on any atom is -0.462 e. The van der Waals surface area contributed by atoms with Crippen molar-refractivity contribution < 1.29 is 17.9 Å². The first-order valence-electron chi connectivity index (χ1n) is 5.97. The highest BCUT2D eigenvalue weighted by atomic mass is 35.5. The number of hydrogen-bond donors (Lipinski definition) is 1. The van der Waals surface area contributed by atoms with Gasteiger partial charge in [0.25, 0.3) is 10.0 Å². The van der Waals surface area contributed by atoms with Gasteiger partial charge in [0.05, 0.1) is 16.5 Å². The number of ether oxygens (including phenoxy) is 1. The Bertz CT molecular complexity index is 738. The maximum Gasteiger partial charge on any atom is 0.338 e. The van der Waals surface area contributed by atoms with Gasteiger partial charge in [0.15, 0.2) is 0 Å². The maximum atomic E-state index is 12.1. The molecule has 0 atom stereocenters. The van der Waals surface area contributed by atoms with Crippen molar-refractivity contribution in [2.45, 2.75) is 11.1 Å². The van der Waals surface area contributed by atoms with Gasteiger partial charge in [-0.1, -0.05) is 11.6 Å². The van der Waals surface area contributed by atoms with Gasteiger partial charge in [-0.3, -0.25) is 4.72 Å². The quantitative estimate of drug-likeness (QED) is 0.843. The average Bonchev–Trinajstić information content (AvgIpc) is 2.87. The Hall–Kier alpha value is -1.57. The lowest BCUT2D eigenvalue weighted by molar-refractivity contribution is 0.0526. The summed E-state index contributed by atoms with van der Waals surface area (Å²) < 4.78 is 32.0. The molecule has 0 unspecified atom stereocenters. The molecule has 0 aliphatic rings. The molecule has 1 aromatic carbocycles. The van der Waals surface area contributed by atoms with Crippen LogP contribution in [-0.4, -0.2) is 21.0 Å². The maximum absolute atomic E-state index is 12.1. The van der Waals surface area contributed by atoms with E-state index >= 15 is 0 Å². The van der Waals surface area contributed by atoms with E-state index in [1.165, 1.54) is 36.4 Å². The number of halogens is 1. The first-order valence-corrected chi connectivity index (χ1v) is 8.65. The van der Waals surface area contributed by atoms with E-state index in [1.54, 1.807) is 6.92 Å². The molecule has 5 nitrogen and oxygen atoms in total. The van der Waals surface area contributed by atoms with Gasteiger partial charge < -0.3 is 4.74 Å². The third-order valence-electron chi connectivity index (χ3n) is 2.46. The molecular formula is C13H12ClNO4S2. The average molecular weight is 346 g/mol. The summed E-state index contributed by atoms with van der Waals surface area (Å²) in [6.07, 6.45) is 0. The standard InChI is InChI=1S/C13H12ClNO4S2/c1-2-19-13(16)9-3-5-10(6-4-9)15-21(17,18)12-8-7-11(14)20-12/h3-8,15H,2H2,1H3. The van der Waals surface area contributed by atoms with Gasteiger partial charge in [-0.05, 0) is 43.3 Å². The zero-order valence-electron chi connectivity index (χ0n) is 11.0. The summed E-state index contributed by atoms with van der Waals surface area (Å²) in [5.41, 5.74) is 0.714. The number of rotatable bonds is 5. The molecule has 2 aromatic rings. The summed E-state index contributed by atoms with van der Waals surface area (Å²) in [5.74, 6) is -0.447. The van der Waals surface area contributed by atoms with Crippen molar-refractivity contribution in [2.24, 2.45) is 0 Å². The van der Waals surface area contributed by atoms with E-state index in [0.717, 1.165) is 11.3 Å². The SMILES string of the molecule is CCOC(=O)c1ccc(NS(=O)(=O)c2ccc(Cl)s2)cc1. The monoisotopic (exact) mass is 345 g/mol. The fourth-order valence-corrected chi connectivity index (χ4v) is 4.08. The van der Waals surface area contributed by atoms with Crippen LogP contribution in [0.4, 0.5) is 5.69 Å². The molecule has 0 saturated heterocycles. The highest BCUT2D eigenvalue weighted by Gasteiger charge is 2.17. The highest BCUT2D eigenvalue weighted by molar-refractivity contribution is 7.94. The molecular weight excluding hydrogens is 334 g/mol. The Morgan fingerprint density at radius 3 is 2.43 bits per heavy atom. The lowest BCUT2D eigenvalue weighted by Crippen LogP contribution is -2.11. The molecule has 0 bridgehead atoms. The van der Waals surface area contributed by atoms with Crippen molar-refractivity contribution in [3.05, 3.63) is 46.3 Å². The number of nitrogens with one attached hydrogen (secondary N) is 1. The number of benzene rings is 1. The fraction of sp³-hybridized carbons (Fsp3) is 0.154. The van der Waals surface area contributed by atoms with Gasteiger partial charge in [-0.25, -0.2) is 13.2 Å². The van der Waals surface area contributed by atoms with Crippen LogP contribution in [-0.2, 0) is 14.8 Å². The third kappa shape index (κ3) is 3.96. The second kappa shape index (κ2) is 6.46. The molecule has 1 aromatic heterocycles. The molecule has 0 aliphatic carbocycles. The predicted molar refractivity (Wildman–Crippen MR) is 82.5 cm³/mol. The van der Waals surface area contributed by atoms with Gasteiger partial charge in [-0.15, -0.1) is 11.3 Å². The van der Waals surface area contributed by atoms with Crippen LogP contribution < -0.4 is 4.72 Å². The first kappa shape index (κ1) is 15.8. The second-order valence-corrected chi connectivity index (χ2v) is 7.59. The number of carbonyl (C=O) groups is 1. The minimum absolute atomic E-state index is 0.127.